The number of fused-ring (bicyclic) bond motifs is 1. The summed E-state index contributed by atoms with van der Waals surface area (Å²) in [7, 11) is 1.53. The first-order valence-corrected chi connectivity index (χ1v) is 6.61. The highest BCUT2D eigenvalue weighted by molar-refractivity contribution is 6.00. The maximum Gasteiger partial charge on any atom is 0.329 e. The highest BCUT2D eigenvalue weighted by Crippen LogP contribution is 2.25. The van der Waals surface area contributed by atoms with Gasteiger partial charge in [-0.25, -0.2) is 9.18 Å². The number of nitrogens with one attached hydrogen (secondary N) is 1. The first-order chi connectivity index (χ1) is 9.90. The summed E-state index contributed by atoms with van der Waals surface area (Å²) in [5.41, 5.74) is 0.754. The predicted molar refractivity (Wildman–Crippen MR) is 73.3 cm³/mol. The van der Waals surface area contributed by atoms with E-state index in [9.17, 15) is 18.8 Å². The van der Waals surface area contributed by atoms with Crippen LogP contribution in [0.25, 0.3) is 11.0 Å². The molecule has 1 atom stereocenters. The molecule has 1 aliphatic heterocycles. The molecule has 1 N–H and O–H groups in total. The molecule has 1 aromatic carbocycles. The number of imidazole rings is 1. The third-order valence-electron chi connectivity index (χ3n) is 3.80. The van der Waals surface area contributed by atoms with Crippen LogP contribution in [0.5, 0.6) is 0 Å². The topological polar surface area (TPSA) is 73.1 Å². The predicted octanol–water partition coefficient (Wildman–Crippen LogP) is 0.765. The lowest BCUT2D eigenvalue weighted by Crippen LogP contribution is -2.44. The molecule has 110 valence electrons. The second-order valence-corrected chi connectivity index (χ2v) is 5.29. The fourth-order valence-corrected chi connectivity index (χ4v) is 2.79. The van der Waals surface area contributed by atoms with E-state index in [1.807, 2.05) is 0 Å². The van der Waals surface area contributed by atoms with Crippen molar-refractivity contribution in [3.8, 4) is 0 Å². The molecule has 1 fully saturated rings. The summed E-state index contributed by atoms with van der Waals surface area (Å²) < 4.78 is 16.7. The van der Waals surface area contributed by atoms with E-state index in [0.29, 0.717) is 11.1 Å². The van der Waals surface area contributed by atoms with Crippen LogP contribution in [0, 0.1) is 12.7 Å². The van der Waals surface area contributed by atoms with Crippen LogP contribution in [0.2, 0.25) is 0 Å². The van der Waals surface area contributed by atoms with Gasteiger partial charge in [-0.3, -0.25) is 24.0 Å². The molecule has 1 aliphatic rings. The highest BCUT2D eigenvalue weighted by Gasteiger charge is 2.32. The Morgan fingerprint density at radius 2 is 2.00 bits per heavy atom. The Bertz CT molecular complexity index is 834. The van der Waals surface area contributed by atoms with Gasteiger partial charge >= 0.3 is 5.69 Å². The van der Waals surface area contributed by atoms with Crippen LogP contribution in [-0.4, -0.2) is 20.9 Å². The van der Waals surface area contributed by atoms with E-state index in [-0.39, 0.29) is 24.3 Å². The van der Waals surface area contributed by atoms with Crippen molar-refractivity contribution in [3.63, 3.8) is 0 Å². The molecule has 0 saturated carbocycles. The van der Waals surface area contributed by atoms with E-state index < -0.39 is 23.5 Å². The van der Waals surface area contributed by atoms with Gasteiger partial charge < -0.3 is 0 Å². The number of carbonyl (C=O) groups excluding carboxylic acids is 2. The second-order valence-electron chi connectivity index (χ2n) is 5.29. The van der Waals surface area contributed by atoms with Gasteiger partial charge in [-0.05, 0) is 31.0 Å². The molecule has 0 bridgehead atoms. The minimum absolute atomic E-state index is 0.0996. The number of halogens is 1. The summed E-state index contributed by atoms with van der Waals surface area (Å²) in [5.74, 6) is -1.49. The first kappa shape index (κ1) is 13.5. The quantitative estimate of drug-likeness (QED) is 0.789. The summed E-state index contributed by atoms with van der Waals surface area (Å²) >= 11 is 0. The summed E-state index contributed by atoms with van der Waals surface area (Å²) in [6.45, 7) is 1.73. The van der Waals surface area contributed by atoms with Crippen molar-refractivity contribution in [3.05, 3.63) is 34.0 Å². The van der Waals surface area contributed by atoms with E-state index in [2.05, 4.69) is 5.32 Å². The number of piperidine rings is 1. The van der Waals surface area contributed by atoms with E-state index in [1.54, 1.807) is 13.0 Å². The van der Waals surface area contributed by atoms with Crippen LogP contribution in [-0.2, 0) is 16.6 Å². The van der Waals surface area contributed by atoms with E-state index >= 15 is 0 Å². The molecule has 7 heteroatoms. The second kappa shape index (κ2) is 4.54. The third-order valence-corrected chi connectivity index (χ3v) is 3.80. The number of nitrogens with zero attached hydrogens (tertiary/aromatic N) is 2. The Hall–Kier alpha value is -2.44. The van der Waals surface area contributed by atoms with Crippen LogP contribution in [0.1, 0.15) is 24.4 Å². The molecule has 1 aromatic heterocycles. The number of carbonyl (C=O) groups is 2. The van der Waals surface area contributed by atoms with Crippen molar-refractivity contribution >= 4 is 22.8 Å². The van der Waals surface area contributed by atoms with Gasteiger partial charge in [0.15, 0.2) is 0 Å². The molecule has 6 nitrogen and oxygen atoms in total. The van der Waals surface area contributed by atoms with Gasteiger partial charge in [-0.2, -0.15) is 0 Å². The summed E-state index contributed by atoms with van der Waals surface area (Å²) in [5, 5.41) is 2.19. The SMILES string of the molecule is Cc1cc(F)c2c(c1)n(C)c(=O)n2C1CCC(=O)NC1=O. The summed E-state index contributed by atoms with van der Waals surface area (Å²) in [6, 6.07) is 2.16. The number of rotatable bonds is 1. The molecular formula is C14H14FN3O3. The first-order valence-electron chi connectivity index (χ1n) is 6.61. The molecule has 1 unspecified atom stereocenters. The number of hydrogen-bond donors (Lipinski definition) is 1. The lowest BCUT2D eigenvalue weighted by atomic mass is 10.1. The number of imide groups is 1. The van der Waals surface area contributed by atoms with Crippen molar-refractivity contribution < 1.29 is 14.0 Å². The molecule has 2 heterocycles. The van der Waals surface area contributed by atoms with Gasteiger partial charge in [0.25, 0.3) is 0 Å². The number of benzene rings is 1. The van der Waals surface area contributed by atoms with Gasteiger partial charge in [-0.1, -0.05) is 0 Å². The minimum atomic E-state index is -0.865. The van der Waals surface area contributed by atoms with Gasteiger partial charge in [0, 0.05) is 13.5 Å². The lowest BCUT2D eigenvalue weighted by molar-refractivity contribution is -0.135. The van der Waals surface area contributed by atoms with Crippen molar-refractivity contribution in [2.75, 3.05) is 0 Å². The van der Waals surface area contributed by atoms with Crippen LogP contribution in [0.4, 0.5) is 4.39 Å². The Balaban J connectivity index is 2.28. The molecular weight excluding hydrogens is 277 g/mol. The van der Waals surface area contributed by atoms with Crippen LogP contribution < -0.4 is 11.0 Å². The summed E-state index contributed by atoms with van der Waals surface area (Å²) in [6.07, 6.45) is 0.323. The average Bonchev–Trinajstić information content (AvgIpc) is 2.64. The molecule has 2 aromatic rings. The van der Waals surface area contributed by atoms with Crippen molar-refractivity contribution in [1.82, 2.24) is 14.5 Å². The molecule has 0 aliphatic carbocycles. The summed E-state index contributed by atoms with van der Waals surface area (Å²) in [4.78, 5) is 35.6. The number of aryl methyl sites for hydroxylation is 2. The zero-order valence-corrected chi connectivity index (χ0v) is 11.6. The maximum atomic E-state index is 14.3. The third kappa shape index (κ3) is 1.96. The standard InChI is InChI=1S/C14H14FN3O3/c1-7-5-8(15)12-10(6-7)17(2)14(21)18(12)9-3-4-11(19)16-13(9)20/h5-6,9H,3-4H2,1-2H3,(H,16,19,20). The van der Waals surface area contributed by atoms with Crippen molar-refractivity contribution in [2.24, 2.45) is 7.05 Å². The number of aromatic nitrogens is 2. The number of amides is 2. The molecule has 21 heavy (non-hydrogen) atoms. The highest BCUT2D eigenvalue weighted by atomic mass is 19.1. The van der Waals surface area contributed by atoms with E-state index in [1.165, 1.54) is 17.7 Å². The van der Waals surface area contributed by atoms with Crippen LogP contribution >= 0.6 is 0 Å². The maximum absolute atomic E-state index is 14.3. The molecule has 3 rings (SSSR count). The van der Waals surface area contributed by atoms with E-state index in [0.717, 1.165) is 4.57 Å². The van der Waals surface area contributed by atoms with Crippen molar-refractivity contribution in [1.29, 1.82) is 0 Å². The number of hydrogen-bond acceptors (Lipinski definition) is 3. The fraction of sp³-hybridized carbons (Fsp3) is 0.357. The van der Waals surface area contributed by atoms with Crippen LogP contribution in [0.15, 0.2) is 16.9 Å². The monoisotopic (exact) mass is 291 g/mol. The Morgan fingerprint density at radius 3 is 2.67 bits per heavy atom. The van der Waals surface area contributed by atoms with Crippen molar-refractivity contribution in [2.45, 2.75) is 25.8 Å². The largest absolute Gasteiger partial charge is 0.329 e. The normalized spacial score (nSPS) is 19.1. The minimum Gasteiger partial charge on any atom is -0.295 e. The Morgan fingerprint density at radius 1 is 1.29 bits per heavy atom. The molecule has 1 saturated heterocycles. The Labute approximate surface area is 119 Å². The Kier molecular flexibility index (Phi) is 2.93. The fourth-order valence-electron chi connectivity index (χ4n) is 2.79. The van der Waals surface area contributed by atoms with Gasteiger partial charge in [-0.15, -0.1) is 0 Å². The van der Waals surface area contributed by atoms with Crippen LogP contribution in [0.3, 0.4) is 0 Å². The molecule has 2 amide bonds. The molecule has 0 radical (unpaired) electrons. The lowest BCUT2D eigenvalue weighted by Gasteiger charge is -2.22. The van der Waals surface area contributed by atoms with E-state index in [4.69, 9.17) is 0 Å². The smallest absolute Gasteiger partial charge is 0.295 e. The average molecular weight is 291 g/mol. The zero-order valence-electron chi connectivity index (χ0n) is 11.6. The van der Waals surface area contributed by atoms with Gasteiger partial charge in [0.05, 0.1) is 5.52 Å². The van der Waals surface area contributed by atoms with Gasteiger partial charge in [0.2, 0.25) is 11.8 Å². The molecule has 0 spiro atoms. The zero-order chi connectivity index (χ0) is 15.3. The van der Waals surface area contributed by atoms with Gasteiger partial charge in [0.1, 0.15) is 17.4 Å².